The lowest BCUT2D eigenvalue weighted by Crippen LogP contribution is -2.51. The van der Waals surface area contributed by atoms with Crippen molar-refractivity contribution in [2.45, 2.75) is 43.5 Å². The van der Waals surface area contributed by atoms with Crippen LogP contribution in [0.15, 0.2) is 47.4 Å². The lowest BCUT2D eigenvalue weighted by molar-refractivity contribution is -0.133. The molecule has 3 aliphatic rings. The standard InChI is InChI=1S/C31H41N5O4S/c1-23-5-6-24-20-29(32-28(24)19-23)27-21-26(7-8-30(27)35-11-3-4-12-35)41(38,39)33(2)22-31(37)36-13-9-25(10-14-36)34-15-17-40-18-16-34/h5-8,19-21,25,32H,3-4,9-18,22H2,1-2H3. The van der Waals surface area contributed by atoms with Crippen LogP contribution in [0.2, 0.25) is 0 Å². The highest BCUT2D eigenvalue weighted by atomic mass is 32.2. The van der Waals surface area contributed by atoms with Gasteiger partial charge in [0.15, 0.2) is 0 Å². The highest BCUT2D eigenvalue weighted by Gasteiger charge is 2.31. The van der Waals surface area contributed by atoms with Crippen LogP contribution in [0.4, 0.5) is 5.69 Å². The number of aryl methyl sites for hydroxylation is 1. The Labute approximate surface area is 243 Å². The van der Waals surface area contributed by atoms with Crippen LogP contribution in [0.3, 0.4) is 0 Å². The second kappa shape index (κ2) is 11.8. The third-order valence-electron chi connectivity index (χ3n) is 8.93. The van der Waals surface area contributed by atoms with E-state index in [-0.39, 0.29) is 17.3 Å². The third-order valence-corrected chi connectivity index (χ3v) is 10.7. The van der Waals surface area contributed by atoms with E-state index < -0.39 is 10.0 Å². The molecule has 0 bridgehead atoms. The largest absolute Gasteiger partial charge is 0.379 e. The van der Waals surface area contributed by atoms with Crippen molar-refractivity contribution in [2.75, 3.05) is 71.0 Å². The molecule has 0 saturated carbocycles. The fraction of sp³-hybridized carbons (Fsp3) is 0.516. The molecule has 9 nitrogen and oxygen atoms in total. The number of carbonyl (C=O) groups is 1. The molecule has 220 valence electrons. The number of hydrogen-bond donors (Lipinski definition) is 1. The van der Waals surface area contributed by atoms with Crippen molar-refractivity contribution in [2.24, 2.45) is 0 Å². The summed E-state index contributed by atoms with van der Waals surface area (Å²) in [6.07, 6.45) is 4.07. The number of H-pyrrole nitrogens is 1. The van der Waals surface area contributed by atoms with E-state index >= 15 is 0 Å². The van der Waals surface area contributed by atoms with Crippen LogP contribution >= 0.6 is 0 Å². The molecule has 1 aromatic heterocycles. The van der Waals surface area contributed by atoms with Crippen LogP contribution in [-0.4, -0.2) is 106 Å². The first-order chi connectivity index (χ1) is 19.8. The SMILES string of the molecule is Cc1ccc2cc(-c3cc(S(=O)(=O)N(C)CC(=O)N4CCC(N5CCOCC5)CC4)ccc3N3CCCC3)[nH]c2c1. The number of piperidine rings is 1. The lowest BCUT2D eigenvalue weighted by atomic mass is 10.0. The molecular formula is C31H41N5O4S. The molecular weight excluding hydrogens is 538 g/mol. The highest BCUT2D eigenvalue weighted by Crippen LogP contribution is 2.36. The summed E-state index contributed by atoms with van der Waals surface area (Å²) >= 11 is 0. The molecule has 41 heavy (non-hydrogen) atoms. The van der Waals surface area contributed by atoms with Gasteiger partial charge < -0.3 is 19.5 Å². The van der Waals surface area contributed by atoms with E-state index in [2.05, 4.69) is 46.0 Å². The summed E-state index contributed by atoms with van der Waals surface area (Å²) in [5.74, 6) is -0.142. The molecule has 0 spiro atoms. The molecule has 3 aliphatic heterocycles. The van der Waals surface area contributed by atoms with Crippen molar-refractivity contribution in [1.29, 1.82) is 0 Å². The lowest BCUT2D eigenvalue weighted by Gasteiger charge is -2.40. The zero-order valence-electron chi connectivity index (χ0n) is 24.1. The molecule has 0 atom stereocenters. The van der Waals surface area contributed by atoms with Gasteiger partial charge in [-0.05, 0) is 68.5 Å². The Morgan fingerprint density at radius 1 is 0.976 bits per heavy atom. The Bertz CT molecular complexity index is 1500. The van der Waals surface area contributed by atoms with E-state index in [0.29, 0.717) is 19.1 Å². The van der Waals surface area contributed by atoms with Crippen molar-refractivity contribution in [3.05, 3.63) is 48.0 Å². The Balaban J connectivity index is 1.20. The van der Waals surface area contributed by atoms with E-state index in [4.69, 9.17) is 4.74 Å². The van der Waals surface area contributed by atoms with Crippen molar-refractivity contribution >= 4 is 32.5 Å². The highest BCUT2D eigenvalue weighted by molar-refractivity contribution is 7.89. The average molecular weight is 580 g/mol. The van der Waals surface area contributed by atoms with E-state index in [9.17, 15) is 13.2 Å². The van der Waals surface area contributed by atoms with E-state index in [1.165, 1.54) is 16.9 Å². The zero-order chi connectivity index (χ0) is 28.6. The number of likely N-dealkylation sites (N-methyl/N-ethyl adjacent to an activating group) is 1. The molecule has 6 rings (SSSR count). The number of amides is 1. The van der Waals surface area contributed by atoms with Crippen LogP contribution in [0, 0.1) is 6.92 Å². The van der Waals surface area contributed by atoms with Crippen LogP contribution in [0.25, 0.3) is 22.2 Å². The first-order valence-corrected chi connectivity index (χ1v) is 16.3. The van der Waals surface area contributed by atoms with Crippen molar-refractivity contribution in [3.8, 4) is 11.3 Å². The maximum Gasteiger partial charge on any atom is 0.243 e. The van der Waals surface area contributed by atoms with Crippen molar-refractivity contribution < 1.29 is 17.9 Å². The normalized spacial score (nSPS) is 19.5. The first kappa shape index (κ1) is 28.2. The number of fused-ring (bicyclic) bond motifs is 1. The van der Waals surface area contributed by atoms with Gasteiger partial charge in [0.1, 0.15) is 0 Å². The van der Waals surface area contributed by atoms with Gasteiger partial charge >= 0.3 is 0 Å². The molecule has 0 unspecified atom stereocenters. The summed E-state index contributed by atoms with van der Waals surface area (Å²) in [4.78, 5) is 23.5. The molecule has 4 heterocycles. The minimum absolute atomic E-state index is 0.142. The van der Waals surface area contributed by atoms with Crippen LogP contribution in [0.5, 0.6) is 0 Å². The number of nitrogens with one attached hydrogen (secondary N) is 1. The molecule has 1 N–H and O–H groups in total. The maximum absolute atomic E-state index is 13.8. The van der Waals surface area contributed by atoms with Gasteiger partial charge in [0.2, 0.25) is 15.9 Å². The molecule has 1 amide bonds. The second-order valence-electron chi connectivity index (χ2n) is 11.7. The summed E-state index contributed by atoms with van der Waals surface area (Å²) in [5.41, 5.74) is 4.99. The molecule has 3 aromatic rings. The number of hydrogen-bond acceptors (Lipinski definition) is 6. The Kier molecular flexibility index (Phi) is 8.09. The number of ether oxygens (including phenoxy) is 1. The molecule has 2 aromatic carbocycles. The molecule has 3 saturated heterocycles. The number of likely N-dealkylation sites (tertiary alicyclic amines) is 1. The van der Waals surface area contributed by atoms with Gasteiger partial charge in [-0.25, -0.2) is 8.42 Å². The number of carbonyl (C=O) groups excluding carboxylic acids is 1. The zero-order valence-corrected chi connectivity index (χ0v) is 25.0. The van der Waals surface area contributed by atoms with E-state index in [0.717, 1.165) is 92.9 Å². The van der Waals surface area contributed by atoms with Crippen molar-refractivity contribution in [3.63, 3.8) is 0 Å². The van der Waals surface area contributed by atoms with Crippen LogP contribution in [0.1, 0.15) is 31.2 Å². The van der Waals surface area contributed by atoms with Gasteiger partial charge in [-0.3, -0.25) is 9.69 Å². The molecule has 10 heteroatoms. The average Bonchev–Trinajstić information content (AvgIpc) is 3.68. The summed E-state index contributed by atoms with van der Waals surface area (Å²) in [7, 11) is -2.37. The minimum atomic E-state index is -3.88. The summed E-state index contributed by atoms with van der Waals surface area (Å²) < 4.78 is 34.2. The maximum atomic E-state index is 13.8. The first-order valence-electron chi connectivity index (χ1n) is 14.8. The van der Waals surface area contributed by atoms with Gasteiger partial charge in [0.05, 0.1) is 24.7 Å². The fourth-order valence-electron chi connectivity index (χ4n) is 6.49. The minimum Gasteiger partial charge on any atom is -0.379 e. The van der Waals surface area contributed by atoms with Crippen LogP contribution < -0.4 is 4.90 Å². The molecule has 0 radical (unpaired) electrons. The van der Waals surface area contributed by atoms with Gasteiger partial charge in [-0.15, -0.1) is 0 Å². The molecule has 0 aliphatic carbocycles. The summed E-state index contributed by atoms with van der Waals surface area (Å²) in [6.45, 7) is 8.53. The Hall–Kier alpha value is -2.92. The molecule has 3 fully saturated rings. The van der Waals surface area contributed by atoms with Gasteiger partial charge in [0, 0.05) is 80.2 Å². The van der Waals surface area contributed by atoms with Gasteiger partial charge in [-0.2, -0.15) is 4.31 Å². The monoisotopic (exact) mass is 579 g/mol. The van der Waals surface area contributed by atoms with Crippen LogP contribution in [-0.2, 0) is 19.6 Å². The smallest absolute Gasteiger partial charge is 0.243 e. The van der Waals surface area contributed by atoms with Gasteiger partial charge in [0.25, 0.3) is 0 Å². The fourth-order valence-corrected chi connectivity index (χ4v) is 7.64. The van der Waals surface area contributed by atoms with Gasteiger partial charge in [-0.1, -0.05) is 12.1 Å². The third kappa shape index (κ3) is 5.88. The van der Waals surface area contributed by atoms with Crippen molar-refractivity contribution in [1.82, 2.24) is 19.1 Å². The predicted octanol–water partition coefficient (Wildman–Crippen LogP) is 3.69. The topological polar surface area (TPSA) is 89.2 Å². The predicted molar refractivity (Wildman–Crippen MR) is 162 cm³/mol. The second-order valence-corrected chi connectivity index (χ2v) is 13.7. The van der Waals surface area contributed by atoms with E-state index in [1.807, 2.05) is 11.0 Å². The summed E-state index contributed by atoms with van der Waals surface area (Å²) in [6, 6.07) is 14.2. The Morgan fingerprint density at radius 2 is 1.71 bits per heavy atom. The number of nitrogens with zero attached hydrogens (tertiary/aromatic N) is 4. The number of morpholine rings is 1. The summed E-state index contributed by atoms with van der Waals surface area (Å²) in [5, 5.41) is 1.09. The van der Waals surface area contributed by atoms with E-state index in [1.54, 1.807) is 12.1 Å². The number of rotatable bonds is 7. The number of aromatic amines is 1. The number of sulfonamides is 1. The Morgan fingerprint density at radius 3 is 2.44 bits per heavy atom. The number of anilines is 1. The number of aromatic nitrogens is 1. The number of benzene rings is 2. The quantitative estimate of drug-likeness (QED) is 0.460.